The molecule has 0 bridgehead atoms. The summed E-state index contributed by atoms with van der Waals surface area (Å²) >= 11 is 0. The molecule has 0 aromatic heterocycles. The average Bonchev–Trinajstić information content (AvgIpc) is 2.62. The number of ether oxygens (including phenoxy) is 3. The molecular weight excluding hydrogens is 292 g/mol. The van der Waals surface area contributed by atoms with Crippen LogP contribution in [0.5, 0.6) is 5.75 Å². The van der Waals surface area contributed by atoms with Crippen LogP contribution < -0.4 is 4.74 Å². The summed E-state index contributed by atoms with van der Waals surface area (Å²) in [6.45, 7) is 2.89. The van der Waals surface area contributed by atoms with Crippen molar-refractivity contribution in [1.82, 2.24) is 0 Å². The minimum absolute atomic E-state index is 0.0112. The van der Waals surface area contributed by atoms with Gasteiger partial charge in [0.05, 0.1) is 26.4 Å². The molecule has 0 radical (unpaired) electrons. The van der Waals surface area contributed by atoms with Crippen LogP contribution in [0.3, 0.4) is 0 Å². The van der Waals surface area contributed by atoms with Gasteiger partial charge in [-0.3, -0.25) is 4.79 Å². The van der Waals surface area contributed by atoms with E-state index in [1.807, 2.05) is 37.3 Å². The van der Waals surface area contributed by atoms with Crippen molar-refractivity contribution < 1.29 is 19.0 Å². The zero-order valence-electron chi connectivity index (χ0n) is 13.5. The van der Waals surface area contributed by atoms with Crippen LogP contribution in [0.15, 0.2) is 54.6 Å². The Hall–Kier alpha value is -2.17. The Morgan fingerprint density at radius 2 is 1.70 bits per heavy atom. The van der Waals surface area contributed by atoms with E-state index in [2.05, 4.69) is 0 Å². The van der Waals surface area contributed by atoms with E-state index in [4.69, 9.17) is 14.2 Å². The molecule has 23 heavy (non-hydrogen) atoms. The maximum absolute atomic E-state index is 12.0. The lowest BCUT2D eigenvalue weighted by Gasteiger charge is -2.13. The van der Waals surface area contributed by atoms with Crippen molar-refractivity contribution in [2.75, 3.05) is 26.9 Å². The number of methoxy groups -OCH3 is 1. The van der Waals surface area contributed by atoms with Gasteiger partial charge in [0.25, 0.3) is 0 Å². The third kappa shape index (κ3) is 5.51. The molecule has 0 aliphatic heterocycles. The van der Waals surface area contributed by atoms with Crippen LogP contribution in [0, 0.1) is 0 Å². The summed E-state index contributed by atoms with van der Waals surface area (Å²) in [5, 5.41) is 0. The van der Waals surface area contributed by atoms with E-state index in [0.29, 0.717) is 18.8 Å². The van der Waals surface area contributed by atoms with Crippen LogP contribution in [-0.4, -0.2) is 32.7 Å². The highest BCUT2D eigenvalue weighted by Crippen LogP contribution is 2.15. The van der Waals surface area contributed by atoms with Gasteiger partial charge >= 0.3 is 0 Å². The van der Waals surface area contributed by atoms with Crippen LogP contribution >= 0.6 is 0 Å². The van der Waals surface area contributed by atoms with Crippen LogP contribution in [0.25, 0.3) is 0 Å². The molecule has 0 aliphatic carbocycles. The quantitative estimate of drug-likeness (QED) is 0.523. The Bertz CT molecular complexity index is 593. The van der Waals surface area contributed by atoms with Crippen LogP contribution in [0.2, 0.25) is 0 Å². The Labute approximate surface area is 137 Å². The fraction of sp³-hybridized carbons (Fsp3) is 0.316. The molecule has 1 unspecified atom stereocenters. The second-order valence-corrected chi connectivity index (χ2v) is 5.13. The second-order valence-electron chi connectivity index (χ2n) is 5.13. The molecule has 0 aliphatic rings. The van der Waals surface area contributed by atoms with Gasteiger partial charge in [-0.05, 0) is 36.8 Å². The molecule has 2 aromatic rings. The number of carbonyl (C=O) groups excluding carboxylic acids is 1. The van der Waals surface area contributed by atoms with Crippen molar-refractivity contribution in [3.05, 3.63) is 65.7 Å². The molecule has 4 nitrogen and oxygen atoms in total. The minimum Gasteiger partial charge on any atom is -0.497 e. The van der Waals surface area contributed by atoms with Gasteiger partial charge in [-0.25, -0.2) is 0 Å². The number of hydrogen-bond acceptors (Lipinski definition) is 4. The van der Waals surface area contributed by atoms with Gasteiger partial charge in [0.15, 0.2) is 5.78 Å². The largest absolute Gasteiger partial charge is 0.497 e. The lowest BCUT2D eigenvalue weighted by molar-refractivity contribution is 0.0133. The fourth-order valence-electron chi connectivity index (χ4n) is 2.13. The van der Waals surface area contributed by atoms with E-state index in [-0.39, 0.29) is 18.5 Å². The van der Waals surface area contributed by atoms with Gasteiger partial charge in [0.2, 0.25) is 0 Å². The fourth-order valence-corrected chi connectivity index (χ4v) is 2.13. The van der Waals surface area contributed by atoms with Gasteiger partial charge in [0.1, 0.15) is 12.4 Å². The molecule has 0 spiro atoms. The molecule has 0 saturated carbocycles. The minimum atomic E-state index is -0.0521. The number of carbonyl (C=O) groups is 1. The maximum Gasteiger partial charge on any atom is 0.188 e. The van der Waals surface area contributed by atoms with Crippen molar-refractivity contribution in [1.29, 1.82) is 0 Å². The predicted octanol–water partition coefficient (Wildman–Crippen LogP) is 3.67. The molecule has 4 heteroatoms. The molecule has 2 rings (SSSR count). The van der Waals surface area contributed by atoms with Crippen molar-refractivity contribution in [2.45, 2.75) is 13.0 Å². The number of rotatable bonds is 9. The molecule has 2 aromatic carbocycles. The molecule has 1 atom stereocenters. The van der Waals surface area contributed by atoms with Gasteiger partial charge in [-0.15, -0.1) is 0 Å². The Morgan fingerprint density at radius 1 is 1.00 bits per heavy atom. The Morgan fingerprint density at radius 3 is 2.35 bits per heavy atom. The predicted molar refractivity (Wildman–Crippen MR) is 89.0 cm³/mol. The highest BCUT2D eigenvalue weighted by Gasteiger charge is 2.07. The molecule has 122 valence electrons. The molecule has 0 saturated heterocycles. The third-order valence-corrected chi connectivity index (χ3v) is 3.51. The zero-order valence-corrected chi connectivity index (χ0v) is 13.5. The van der Waals surface area contributed by atoms with Crippen LogP contribution in [0.1, 0.15) is 28.9 Å². The SMILES string of the molecule is COc1ccc(C(=O)COCCOC(C)c2ccccc2)cc1. The number of benzene rings is 2. The first-order chi connectivity index (χ1) is 11.2. The van der Waals surface area contributed by atoms with Crippen LogP contribution in [-0.2, 0) is 9.47 Å². The van der Waals surface area contributed by atoms with Gasteiger partial charge in [-0.1, -0.05) is 30.3 Å². The van der Waals surface area contributed by atoms with Crippen molar-refractivity contribution in [3.63, 3.8) is 0 Å². The van der Waals surface area contributed by atoms with Crippen molar-refractivity contribution in [2.24, 2.45) is 0 Å². The van der Waals surface area contributed by atoms with E-state index in [1.165, 1.54) is 0 Å². The summed E-state index contributed by atoms with van der Waals surface area (Å²) in [7, 11) is 1.59. The van der Waals surface area contributed by atoms with E-state index in [9.17, 15) is 4.79 Å². The summed E-state index contributed by atoms with van der Waals surface area (Å²) in [5.41, 5.74) is 1.74. The zero-order chi connectivity index (χ0) is 16.5. The number of hydrogen-bond donors (Lipinski definition) is 0. The highest BCUT2D eigenvalue weighted by atomic mass is 16.5. The van der Waals surface area contributed by atoms with E-state index < -0.39 is 0 Å². The molecule has 0 heterocycles. The van der Waals surface area contributed by atoms with Crippen LogP contribution in [0.4, 0.5) is 0 Å². The smallest absolute Gasteiger partial charge is 0.188 e. The van der Waals surface area contributed by atoms with E-state index >= 15 is 0 Å². The lowest BCUT2D eigenvalue weighted by Crippen LogP contribution is -2.13. The standard InChI is InChI=1S/C19H22O4/c1-15(16-6-4-3-5-7-16)23-13-12-22-14-19(20)17-8-10-18(21-2)11-9-17/h3-11,15H,12-14H2,1-2H3. The first kappa shape index (κ1) is 17.2. The summed E-state index contributed by atoms with van der Waals surface area (Å²) < 4.78 is 16.1. The molecule has 0 amide bonds. The second kappa shape index (κ2) is 9.08. The normalized spacial score (nSPS) is 11.9. The van der Waals surface area contributed by atoms with Gasteiger partial charge in [-0.2, -0.15) is 0 Å². The van der Waals surface area contributed by atoms with Gasteiger partial charge < -0.3 is 14.2 Å². The highest BCUT2D eigenvalue weighted by molar-refractivity contribution is 5.97. The van der Waals surface area contributed by atoms with E-state index in [1.54, 1.807) is 31.4 Å². The average molecular weight is 314 g/mol. The molecule has 0 N–H and O–H groups in total. The monoisotopic (exact) mass is 314 g/mol. The Kier molecular flexibility index (Phi) is 6.78. The Balaban J connectivity index is 1.65. The lowest BCUT2D eigenvalue weighted by atomic mass is 10.1. The molecular formula is C19H22O4. The summed E-state index contributed by atoms with van der Waals surface area (Å²) in [4.78, 5) is 12.0. The van der Waals surface area contributed by atoms with Gasteiger partial charge in [0, 0.05) is 5.56 Å². The number of ketones is 1. The van der Waals surface area contributed by atoms with E-state index in [0.717, 1.165) is 11.3 Å². The number of Topliss-reactive ketones (excluding diaryl/α,β-unsaturated/α-hetero) is 1. The summed E-state index contributed by atoms with van der Waals surface area (Å²) in [5.74, 6) is 0.675. The topological polar surface area (TPSA) is 44.8 Å². The van der Waals surface area contributed by atoms with Crippen molar-refractivity contribution in [3.8, 4) is 5.75 Å². The van der Waals surface area contributed by atoms with Crippen molar-refractivity contribution >= 4 is 5.78 Å². The summed E-state index contributed by atoms with van der Waals surface area (Å²) in [6.07, 6.45) is 0.0112. The third-order valence-electron chi connectivity index (χ3n) is 3.51. The first-order valence-electron chi connectivity index (χ1n) is 7.62. The molecule has 0 fully saturated rings. The first-order valence-corrected chi connectivity index (χ1v) is 7.62. The maximum atomic E-state index is 12.0. The summed E-state index contributed by atoms with van der Waals surface area (Å²) in [6, 6.07) is 17.0.